The van der Waals surface area contributed by atoms with Gasteiger partial charge in [0, 0.05) is 27.0 Å². The Hall–Kier alpha value is -3.40. The lowest BCUT2D eigenvalue weighted by atomic mass is 9.80. The number of ether oxygens (including phenoxy) is 1. The van der Waals surface area contributed by atoms with Gasteiger partial charge in [0.1, 0.15) is 11.1 Å². The van der Waals surface area contributed by atoms with Crippen molar-refractivity contribution in [2.45, 2.75) is 103 Å². The first-order chi connectivity index (χ1) is 22.4. The van der Waals surface area contributed by atoms with Crippen LogP contribution in [0.3, 0.4) is 0 Å². The van der Waals surface area contributed by atoms with Crippen molar-refractivity contribution in [2.75, 3.05) is 41.4 Å². The Morgan fingerprint density at radius 1 is 1.11 bits per heavy atom. The maximum absolute atomic E-state index is 12.6. The van der Waals surface area contributed by atoms with Crippen LogP contribution in [0.4, 0.5) is 17.7 Å². The third-order valence-electron chi connectivity index (χ3n) is 11.1. The highest BCUT2D eigenvalue weighted by Gasteiger charge is 2.45. The molecule has 7 rings (SSSR count). The number of carbonyl (C=O) groups is 1. The van der Waals surface area contributed by atoms with E-state index in [4.69, 9.17) is 21.1 Å². The maximum Gasteiger partial charge on any atom is 0.329 e. The van der Waals surface area contributed by atoms with Gasteiger partial charge in [-0.1, -0.05) is 56.5 Å². The van der Waals surface area contributed by atoms with Crippen LogP contribution in [0, 0.1) is 17.8 Å². The van der Waals surface area contributed by atoms with Gasteiger partial charge in [0.15, 0.2) is 11.5 Å². The third-order valence-corrected chi connectivity index (χ3v) is 11.1. The molecule has 2 saturated heterocycles. The van der Waals surface area contributed by atoms with Crippen LogP contribution in [-0.2, 0) is 16.1 Å². The minimum Gasteiger partial charge on any atom is -0.480 e. The molecule has 10 nitrogen and oxygen atoms in total. The predicted molar refractivity (Wildman–Crippen MR) is 177 cm³/mol. The molecular weight excluding hydrogens is 566 g/mol. The second-order valence-electron chi connectivity index (χ2n) is 14.1. The van der Waals surface area contributed by atoms with E-state index in [9.17, 15) is 9.90 Å². The van der Waals surface area contributed by atoms with Crippen molar-refractivity contribution in [3.05, 3.63) is 35.9 Å². The highest BCUT2D eigenvalue weighted by molar-refractivity contribution is 5.89. The van der Waals surface area contributed by atoms with E-state index in [0.29, 0.717) is 62.6 Å². The molecule has 4 aliphatic rings. The lowest BCUT2D eigenvalue weighted by Gasteiger charge is -2.37. The molecule has 0 spiro atoms. The molecule has 0 unspecified atom stereocenters. The van der Waals surface area contributed by atoms with Gasteiger partial charge in [-0.25, -0.2) is 4.79 Å². The summed E-state index contributed by atoms with van der Waals surface area (Å²) < 4.78 is 16.7. The number of morpholine rings is 1. The summed E-state index contributed by atoms with van der Waals surface area (Å²) in [6, 6.07) is 10.7. The molecule has 3 atom stereocenters. The molecule has 0 radical (unpaired) electrons. The topological polar surface area (TPSA) is 109 Å². The first-order valence-electron chi connectivity index (χ1n) is 17.8. The molecule has 3 aromatic rings. The van der Waals surface area contributed by atoms with Crippen LogP contribution in [0.2, 0.25) is 0 Å². The summed E-state index contributed by atoms with van der Waals surface area (Å²) in [7, 11) is 0. The van der Waals surface area contributed by atoms with Crippen molar-refractivity contribution in [3.63, 3.8) is 0 Å². The number of hydrogen-bond acceptors (Lipinski definition) is 8. The molecule has 4 heterocycles. The highest BCUT2D eigenvalue weighted by atomic mass is 16.5. The summed E-state index contributed by atoms with van der Waals surface area (Å²) in [5.41, 5.74) is 1.33. The molecule has 2 N–H and O–H groups in total. The van der Waals surface area contributed by atoms with Gasteiger partial charge in [-0.3, -0.25) is 0 Å². The molecule has 10 heteroatoms. The van der Waals surface area contributed by atoms with Crippen LogP contribution < -0.4 is 15.1 Å². The zero-order valence-electron chi connectivity index (χ0n) is 27.8. The summed E-state index contributed by atoms with van der Waals surface area (Å²) in [6.45, 7) is 7.58. The molecule has 1 aromatic carbocycles. The number of carboxylic acid groups (broad SMARTS) is 1. The lowest BCUT2D eigenvalue weighted by molar-refractivity contribution is -0.142. The fourth-order valence-electron chi connectivity index (χ4n) is 7.86. The van der Waals surface area contributed by atoms with Crippen molar-refractivity contribution in [1.82, 2.24) is 19.5 Å². The number of anilines is 3. The number of fused-ring (bicyclic) bond motifs is 1. The van der Waals surface area contributed by atoms with E-state index < -0.39 is 11.5 Å². The molecule has 45 heavy (non-hydrogen) atoms. The fraction of sp³-hybridized carbons (Fsp3) is 0.657. The van der Waals surface area contributed by atoms with Crippen LogP contribution in [0.15, 0.2) is 30.3 Å². The van der Waals surface area contributed by atoms with Gasteiger partial charge in [0.05, 0.1) is 19.3 Å². The number of carboxylic acids is 1. The van der Waals surface area contributed by atoms with Crippen LogP contribution in [0.1, 0.15) is 91.5 Å². The number of benzene rings is 1. The molecule has 0 bridgehead atoms. The normalized spacial score (nSPS) is 28.6. The van der Waals surface area contributed by atoms with Gasteiger partial charge >= 0.3 is 5.97 Å². The largest absolute Gasteiger partial charge is 0.480 e. The van der Waals surface area contributed by atoms with Gasteiger partial charge in [0.2, 0.25) is 11.9 Å². The smallest absolute Gasteiger partial charge is 0.329 e. The van der Waals surface area contributed by atoms with E-state index in [1.54, 1.807) is 4.90 Å². The highest BCUT2D eigenvalue weighted by Crippen LogP contribution is 2.40. The molecule has 2 aromatic heterocycles. The average molecular weight is 617 g/mol. The van der Waals surface area contributed by atoms with E-state index in [-0.39, 0.29) is 19.0 Å². The quantitative estimate of drug-likeness (QED) is 0.287. The Balaban J connectivity index is 1.39. The molecule has 2 aliphatic carbocycles. The van der Waals surface area contributed by atoms with E-state index >= 15 is 0 Å². The molecule has 2 saturated carbocycles. The first kappa shape index (κ1) is 29.0. The average Bonchev–Trinajstić information content (AvgIpc) is 3.64. The van der Waals surface area contributed by atoms with Gasteiger partial charge in [-0.05, 0) is 75.7 Å². The van der Waals surface area contributed by atoms with Crippen LogP contribution in [0.25, 0.3) is 11.2 Å². The number of rotatable bonds is 9. The van der Waals surface area contributed by atoms with E-state index in [1.165, 1.54) is 50.5 Å². The van der Waals surface area contributed by atoms with Gasteiger partial charge in [0.25, 0.3) is 0 Å². The number of nitrogens with one attached hydrogen (secondary N) is 1. The Kier molecular flexibility index (Phi) is 8.01. The number of hydrogen-bond donors (Lipinski definition) is 2. The van der Waals surface area contributed by atoms with Crippen molar-refractivity contribution >= 4 is 34.8 Å². The predicted octanol–water partition coefficient (Wildman–Crippen LogP) is 6.27. The van der Waals surface area contributed by atoms with Crippen LogP contribution in [-0.4, -0.2) is 68.5 Å². The molecule has 242 valence electrons. The summed E-state index contributed by atoms with van der Waals surface area (Å²) in [6.07, 6.45) is 9.56. The number of aliphatic carboxylic acids is 1. The molecule has 0 amide bonds. The Bertz CT molecular complexity index is 1520. The Labute approximate surface area is 268 Å². The van der Waals surface area contributed by atoms with Crippen LogP contribution >= 0.6 is 0 Å². The first-order valence-corrected chi connectivity index (χ1v) is 17.1. The van der Waals surface area contributed by atoms with Gasteiger partial charge < -0.3 is 29.5 Å². The van der Waals surface area contributed by atoms with Crippen molar-refractivity contribution in [3.8, 4) is 0 Å². The van der Waals surface area contributed by atoms with Crippen molar-refractivity contribution in [1.29, 1.82) is 0 Å². The Morgan fingerprint density at radius 2 is 1.91 bits per heavy atom. The van der Waals surface area contributed by atoms with Crippen molar-refractivity contribution in [2.24, 2.45) is 17.8 Å². The summed E-state index contributed by atoms with van der Waals surface area (Å²) in [4.78, 5) is 32.2. The van der Waals surface area contributed by atoms with Crippen molar-refractivity contribution < 1.29 is 16.0 Å². The summed E-state index contributed by atoms with van der Waals surface area (Å²) >= 11 is 0. The monoisotopic (exact) mass is 616 g/mol. The standard InChI is InChI=1S/C35H49N7O3/c1-23-13-15-25(16-14-23)21-41-29-30(36-24(2)26-11-7-12-26)37-33(42-18-8-17-35(42,3)32(43)44)38-31(29)39-34(41)40-19-20-45-22-28(40)27-9-5-4-6-10-27/h4-6,9-10,23-26,28H,7-8,11-22H2,1-3H3,(H,43,44)(H,36,37,38)/t23?,24-,25?,28+,35+/m1/s1/i3D. The fourth-order valence-corrected chi connectivity index (χ4v) is 7.86. The molecule has 2 aliphatic heterocycles. The van der Waals surface area contributed by atoms with Crippen LogP contribution in [0.5, 0.6) is 0 Å². The number of imidazole rings is 1. The summed E-state index contributed by atoms with van der Waals surface area (Å²) in [5.74, 6) is 2.83. The third kappa shape index (κ3) is 5.75. The SMILES string of the molecule is [2H]C[C@@]1(C(=O)O)CCCN1c1nc(N[C@H](C)C2CCC2)c2c(n1)nc(N1CCOC[C@H]1c1ccccc1)n2CC1CCC(C)CC1. The minimum atomic E-state index is -1.34. The van der Waals surface area contributed by atoms with Gasteiger partial charge in [-0.2, -0.15) is 15.0 Å². The molecular formula is C35H49N7O3. The number of aromatic nitrogens is 4. The van der Waals surface area contributed by atoms with E-state index in [2.05, 4.69) is 52.9 Å². The molecule has 4 fully saturated rings. The van der Waals surface area contributed by atoms with E-state index in [1.807, 2.05) is 6.07 Å². The lowest BCUT2D eigenvalue weighted by Crippen LogP contribution is -2.49. The van der Waals surface area contributed by atoms with Gasteiger partial charge in [-0.15, -0.1) is 0 Å². The minimum absolute atomic E-state index is 0.0104. The van der Waals surface area contributed by atoms with E-state index in [0.717, 1.165) is 29.7 Å². The maximum atomic E-state index is 12.6. The second-order valence-corrected chi connectivity index (χ2v) is 14.1. The summed E-state index contributed by atoms with van der Waals surface area (Å²) in [5, 5.41) is 14.1. The zero-order chi connectivity index (χ0) is 31.8. The zero-order valence-corrected chi connectivity index (χ0v) is 26.8. The Morgan fingerprint density at radius 3 is 2.62 bits per heavy atom. The second kappa shape index (κ2) is 12.4. The number of nitrogens with zero attached hydrogens (tertiary/aromatic N) is 6.